The van der Waals surface area contributed by atoms with Crippen molar-refractivity contribution < 1.29 is 0 Å². The Kier molecular flexibility index (Phi) is 5.72. The van der Waals surface area contributed by atoms with E-state index in [2.05, 4.69) is 40.7 Å². The highest BCUT2D eigenvalue weighted by atomic mass is 32.2. The van der Waals surface area contributed by atoms with Gasteiger partial charge >= 0.3 is 0 Å². The minimum Gasteiger partial charge on any atom is -0.385 e. The molecule has 1 aliphatic rings. The molecule has 100 valence electrons. The first-order valence-corrected chi connectivity index (χ1v) is 8.37. The Hall–Kier alpha value is -0.830. The third-order valence-electron chi connectivity index (χ3n) is 3.42. The Morgan fingerprint density at radius 2 is 2.06 bits per heavy atom. The molecule has 1 N–H and O–H groups in total. The lowest BCUT2D eigenvalue weighted by Crippen LogP contribution is -2.17. The van der Waals surface area contributed by atoms with Gasteiger partial charge in [-0.3, -0.25) is 0 Å². The molecule has 0 saturated carbocycles. The summed E-state index contributed by atoms with van der Waals surface area (Å²) in [5.74, 6) is 1.27. The fourth-order valence-electron chi connectivity index (χ4n) is 2.39. The van der Waals surface area contributed by atoms with Gasteiger partial charge < -0.3 is 10.2 Å². The molecule has 1 aromatic carbocycles. The fourth-order valence-corrected chi connectivity index (χ4v) is 2.88. The Morgan fingerprint density at radius 1 is 1.22 bits per heavy atom. The number of benzene rings is 1. The molecule has 1 aromatic rings. The molecule has 0 spiro atoms. The molecule has 1 aliphatic heterocycles. The standard InChI is InChI=1S/C15H24N2S/c1-18-12-5-2-9-16-14-7-6-8-15(13-14)17-10-3-4-11-17/h6-8,13,16H,2-5,9-12H2,1H3. The van der Waals surface area contributed by atoms with Gasteiger partial charge in [-0.2, -0.15) is 11.8 Å². The van der Waals surface area contributed by atoms with E-state index in [1.54, 1.807) is 0 Å². The normalized spacial score (nSPS) is 15.1. The smallest absolute Gasteiger partial charge is 0.0386 e. The molecule has 2 nitrogen and oxygen atoms in total. The molecule has 0 amide bonds. The maximum absolute atomic E-state index is 3.53. The topological polar surface area (TPSA) is 15.3 Å². The van der Waals surface area contributed by atoms with Crippen molar-refractivity contribution in [3.05, 3.63) is 24.3 Å². The highest BCUT2D eigenvalue weighted by molar-refractivity contribution is 7.98. The van der Waals surface area contributed by atoms with Gasteiger partial charge in [0.2, 0.25) is 0 Å². The molecule has 0 bridgehead atoms. The second kappa shape index (κ2) is 7.57. The van der Waals surface area contributed by atoms with E-state index < -0.39 is 0 Å². The van der Waals surface area contributed by atoms with Crippen LogP contribution in [-0.2, 0) is 0 Å². The van der Waals surface area contributed by atoms with E-state index in [0.717, 1.165) is 6.54 Å². The Morgan fingerprint density at radius 3 is 2.83 bits per heavy atom. The zero-order valence-electron chi connectivity index (χ0n) is 11.3. The van der Waals surface area contributed by atoms with Crippen LogP contribution in [0.15, 0.2) is 24.3 Å². The van der Waals surface area contributed by atoms with Gasteiger partial charge in [-0.25, -0.2) is 0 Å². The lowest BCUT2D eigenvalue weighted by Gasteiger charge is -2.18. The van der Waals surface area contributed by atoms with Crippen molar-refractivity contribution in [2.75, 3.05) is 41.9 Å². The van der Waals surface area contributed by atoms with E-state index in [-0.39, 0.29) is 0 Å². The van der Waals surface area contributed by atoms with Crippen LogP contribution in [0, 0.1) is 0 Å². The number of hydrogen-bond donors (Lipinski definition) is 1. The van der Waals surface area contributed by atoms with Crippen LogP contribution in [-0.4, -0.2) is 31.6 Å². The Labute approximate surface area is 115 Å². The molecular formula is C15H24N2S. The third kappa shape index (κ3) is 4.13. The number of anilines is 2. The van der Waals surface area contributed by atoms with Crippen molar-refractivity contribution >= 4 is 23.1 Å². The van der Waals surface area contributed by atoms with E-state index in [1.165, 1.54) is 55.9 Å². The average molecular weight is 264 g/mol. The molecule has 1 fully saturated rings. The van der Waals surface area contributed by atoms with Crippen LogP contribution in [0.5, 0.6) is 0 Å². The van der Waals surface area contributed by atoms with Crippen LogP contribution < -0.4 is 10.2 Å². The van der Waals surface area contributed by atoms with Gasteiger partial charge in [0.05, 0.1) is 0 Å². The van der Waals surface area contributed by atoms with Gasteiger partial charge in [0.1, 0.15) is 0 Å². The van der Waals surface area contributed by atoms with Crippen LogP contribution in [0.4, 0.5) is 11.4 Å². The van der Waals surface area contributed by atoms with Crippen molar-refractivity contribution in [1.29, 1.82) is 0 Å². The molecule has 2 rings (SSSR count). The summed E-state index contributed by atoms with van der Waals surface area (Å²) in [4.78, 5) is 2.49. The molecule has 18 heavy (non-hydrogen) atoms. The van der Waals surface area contributed by atoms with E-state index in [0.29, 0.717) is 0 Å². The van der Waals surface area contributed by atoms with Gasteiger partial charge in [0.15, 0.2) is 0 Å². The number of hydrogen-bond acceptors (Lipinski definition) is 3. The summed E-state index contributed by atoms with van der Waals surface area (Å²) in [6.45, 7) is 3.53. The fraction of sp³-hybridized carbons (Fsp3) is 0.600. The summed E-state index contributed by atoms with van der Waals surface area (Å²) in [6.07, 6.45) is 7.42. The van der Waals surface area contributed by atoms with Crippen LogP contribution in [0.1, 0.15) is 25.7 Å². The number of unbranched alkanes of at least 4 members (excludes halogenated alkanes) is 1. The van der Waals surface area contributed by atoms with Crippen molar-refractivity contribution in [1.82, 2.24) is 0 Å². The Bertz CT molecular complexity index is 348. The van der Waals surface area contributed by atoms with Crippen LogP contribution in [0.2, 0.25) is 0 Å². The molecule has 0 aromatic heterocycles. The first-order valence-electron chi connectivity index (χ1n) is 6.98. The zero-order valence-corrected chi connectivity index (χ0v) is 12.1. The monoisotopic (exact) mass is 264 g/mol. The molecule has 0 radical (unpaired) electrons. The lowest BCUT2D eigenvalue weighted by atomic mass is 10.2. The average Bonchev–Trinajstić information content (AvgIpc) is 2.93. The van der Waals surface area contributed by atoms with E-state index in [1.807, 2.05) is 11.8 Å². The molecule has 0 unspecified atom stereocenters. The second-order valence-electron chi connectivity index (χ2n) is 4.87. The van der Waals surface area contributed by atoms with E-state index in [9.17, 15) is 0 Å². The predicted molar refractivity (Wildman–Crippen MR) is 84.0 cm³/mol. The Balaban J connectivity index is 1.79. The summed E-state index contributed by atoms with van der Waals surface area (Å²) in [6, 6.07) is 8.86. The lowest BCUT2D eigenvalue weighted by molar-refractivity contribution is 0.843. The maximum atomic E-state index is 3.53. The van der Waals surface area contributed by atoms with Gasteiger partial charge in [-0.1, -0.05) is 6.07 Å². The largest absolute Gasteiger partial charge is 0.385 e. The number of rotatable bonds is 7. The quantitative estimate of drug-likeness (QED) is 0.753. The van der Waals surface area contributed by atoms with Crippen molar-refractivity contribution in [2.45, 2.75) is 25.7 Å². The van der Waals surface area contributed by atoms with Crippen LogP contribution in [0.3, 0.4) is 0 Å². The van der Waals surface area contributed by atoms with Crippen LogP contribution in [0.25, 0.3) is 0 Å². The van der Waals surface area contributed by atoms with Crippen LogP contribution >= 0.6 is 11.8 Å². The molecule has 0 aliphatic carbocycles. The molecule has 1 saturated heterocycles. The number of thioether (sulfide) groups is 1. The van der Waals surface area contributed by atoms with Gasteiger partial charge in [0, 0.05) is 31.0 Å². The SMILES string of the molecule is CSCCCCNc1cccc(N2CCCC2)c1. The highest BCUT2D eigenvalue weighted by Gasteiger charge is 2.11. The third-order valence-corrected chi connectivity index (χ3v) is 4.12. The van der Waals surface area contributed by atoms with Crippen molar-refractivity contribution in [3.63, 3.8) is 0 Å². The van der Waals surface area contributed by atoms with E-state index in [4.69, 9.17) is 0 Å². The summed E-state index contributed by atoms with van der Waals surface area (Å²) in [5, 5.41) is 3.53. The maximum Gasteiger partial charge on any atom is 0.0386 e. The van der Waals surface area contributed by atoms with Crippen molar-refractivity contribution in [3.8, 4) is 0 Å². The summed E-state index contributed by atoms with van der Waals surface area (Å²) in [7, 11) is 0. The molecule has 0 atom stereocenters. The first-order chi connectivity index (χ1) is 8.90. The molecular weight excluding hydrogens is 240 g/mol. The first kappa shape index (κ1) is 13.6. The number of nitrogens with zero attached hydrogens (tertiary/aromatic N) is 1. The molecule has 3 heteroatoms. The second-order valence-corrected chi connectivity index (χ2v) is 5.86. The summed E-state index contributed by atoms with van der Waals surface area (Å²) < 4.78 is 0. The van der Waals surface area contributed by atoms with Gasteiger partial charge in [-0.15, -0.1) is 0 Å². The molecule has 1 heterocycles. The zero-order chi connectivity index (χ0) is 12.6. The minimum absolute atomic E-state index is 1.09. The number of nitrogens with one attached hydrogen (secondary N) is 1. The minimum atomic E-state index is 1.09. The van der Waals surface area contributed by atoms with Gasteiger partial charge in [0.25, 0.3) is 0 Å². The van der Waals surface area contributed by atoms with Gasteiger partial charge in [-0.05, 0) is 55.9 Å². The highest BCUT2D eigenvalue weighted by Crippen LogP contribution is 2.23. The summed E-state index contributed by atoms with van der Waals surface area (Å²) in [5.41, 5.74) is 2.64. The predicted octanol–water partition coefficient (Wildman–Crippen LogP) is 3.84. The van der Waals surface area contributed by atoms with E-state index >= 15 is 0 Å². The summed E-state index contributed by atoms with van der Waals surface area (Å²) >= 11 is 1.93. The van der Waals surface area contributed by atoms with Crippen molar-refractivity contribution in [2.24, 2.45) is 0 Å².